The SMILES string of the molecule is N#C[C@@H](O)Cc1cccnc1. The minimum Gasteiger partial charge on any atom is -0.378 e. The van der Waals surface area contributed by atoms with E-state index in [9.17, 15) is 0 Å². The number of aromatic nitrogens is 1. The van der Waals surface area contributed by atoms with Gasteiger partial charge in [-0.15, -0.1) is 0 Å². The first kappa shape index (κ1) is 7.70. The molecule has 1 atom stereocenters. The van der Waals surface area contributed by atoms with Crippen LogP contribution in [0.15, 0.2) is 24.5 Å². The van der Waals surface area contributed by atoms with Gasteiger partial charge in [-0.1, -0.05) is 6.07 Å². The summed E-state index contributed by atoms with van der Waals surface area (Å²) in [5.74, 6) is 0. The van der Waals surface area contributed by atoms with Crippen molar-refractivity contribution in [2.75, 3.05) is 0 Å². The zero-order chi connectivity index (χ0) is 8.10. The largest absolute Gasteiger partial charge is 0.378 e. The smallest absolute Gasteiger partial charge is 0.144 e. The zero-order valence-corrected chi connectivity index (χ0v) is 5.94. The monoisotopic (exact) mass is 148 g/mol. The van der Waals surface area contributed by atoms with E-state index in [1.165, 1.54) is 0 Å². The molecule has 11 heavy (non-hydrogen) atoms. The number of pyridine rings is 1. The van der Waals surface area contributed by atoms with E-state index in [-0.39, 0.29) is 0 Å². The number of hydrogen-bond donors (Lipinski definition) is 1. The molecular weight excluding hydrogens is 140 g/mol. The second kappa shape index (κ2) is 3.69. The Hall–Kier alpha value is -1.40. The fraction of sp³-hybridized carbons (Fsp3) is 0.250. The molecule has 1 aromatic heterocycles. The lowest BCUT2D eigenvalue weighted by molar-refractivity contribution is 0.231. The first-order valence-electron chi connectivity index (χ1n) is 3.29. The number of aliphatic hydroxyl groups excluding tert-OH is 1. The zero-order valence-electron chi connectivity index (χ0n) is 5.94. The molecular formula is C8H8N2O. The van der Waals surface area contributed by atoms with Crippen molar-refractivity contribution in [1.82, 2.24) is 4.98 Å². The van der Waals surface area contributed by atoms with E-state index in [4.69, 9.17) is 10.4 Å². The number of aliphatic hydroxyl groups is 1. The molecule has 1 N–H and O–H groups in total. The van der Waals surface area contributed by atoms with Gasteiger partial charge in [0, 0.05) is 18.8 Å². The normalized spacial score (nSPS) is 12.0. The van der Waals surface area contributed by atoms with Gasteiger partial charge in [-0.05, 0) is 11.6 Å². The summed E-state index contributed by atoms with van der Waals surface area (Å²) in [5, 5.41) is 17.2. The van der Waals surface area contributed by atoms with E-state index in [1.54, 1.807) is 24.5 Å². The molecule has 0 aromatic carbocycles. The fourth-order valence-corrected chi connectivity index (χ4v) is 0.788. The number of nitriles is 1. The van der Waals surface area contributed by atoms with E-state index < -0.39 is 6.10 Å². The predicted molar refractivity (Wildman–Crippen MR) is 39.6 cm³/mol. The molecule has 1 heterocycles. The van der Waals surface area contributed by atoms with E-state index in [1.807, 2.05) is 6.07 Å². The summed E-state index contributed by atoms with van der Waals surface area (Å²) in [7, 11) is 0. The van der Waals surface area contributed by atoms with Crippen LogP contribution in [0.4, 0.5) is 0 Å². The van der Waals surface area contributed by atoms with Gasteiger partial charge in [-0.3, -0.25) is 4.98 Å². The third-order valence-electron chi connectivity index (χ3n) is 1.30. The maximum Gasteiger partial charge on any atom is 0.144 e. The van der Waals surface area contributed by atoms with Gasteiger partial charge < -0.3 is 5.11 Å². The molecule has 0 radical (unpaired) electrons. The van der Waals surface area contributed by atoms with E-state index in [0.29, 0.717) is 6.42 Å². The number of nitrogens with zero attached hydrogens (tertiary/aromatic N) is 2. The minimum atomic E-state index is -0.917. The summed E-state index contributed by atoms with van der Waals surface area (Å²) in [6.45, 7) is 0. The van der Waals surface area contributed by atoms with Gasteiger partial charge in [0.15, 0.2) is 0 Å². The lowest BCUT2D eigenvalue weighted by atomic mass is 10.1. The van der Waals surface area contributed by atoms with Crippen molar-refractivity contribution in [3.8, 4) is 6.07 Å². The molecule has 0 aliphatic rings. The molecule has 0 unspecified atom stereocenters. The average Bonchev–Trinajstić information content (AvgIpc) is 2.06. The molecule has 0 aliphatic heterocycles. The second-order valence-electron chi connectivity index (χ2n) is 2.21. The lowest BCUT2D eigenvalue weighted by Gasteiger charge is -1.99. The van der Waals surface area contributed by atoms with Crippen LogP contribution in [0, 0.1) is 11.3 Å². The highest BCUT2D eigenvalue weighted by Crippen LogP contribution is 1.99. The van der Waals surface area contributed by atoms with Crippen LogP contribution in [0.1, 0.15) is 5.56 Å². The standard InChI is InChI=1S/C8H8N2O/c9-5-8(11)4-7-2-1-3-10-6-7/h1-3,6,8,11H,4H2/t8-/m0/s1. The molecule has 1 rings (SSSR count). The Morgan fingerprint density at radius 3 is 3.09 bits per heavy atom. The highest BCUT2D eigenvalue weighted by Gasteiger charge is 2.01. The molecule has 3 nitrogen and oxygen atoms in total. The van der Waals surface area contributed by atoms with Gasteiger partial charge >= 0.3 is 0 Å². The highest BCUT2D eigenvalue weighted by atomic mass is 16.3. The van der Waals surface area contributed by atoms with E-state index >= 15 is 0 Å². The van der Waals surface area contributed by atoms with Crippen LogP contribution < -0.4 is 0 Å². The van der Waals surface area contributed by atoms with Crippen molar-refractivity contribution >= 4 is 0 Å². The number of rotatable bonds is 2. The van der Waals surface area contributed by atoms with Gasteiger partial charge in [0.25, 0.3) is 0 Å². The molecule has 0 amide bonds. The Morgan fingerprint density at radius 2 is 2.55 bits per heavy atom. The van der Waals surface area contributed by atoms with Gasteiger partial charge in [0.1, 0.15) is 6.10 Å². The maximum absolute atomic E-state index is 8.92. The first-order chi connectivity index (χ1) is 5.33. The fourth-order valence-electron chi connectivity index (χ4n) is 0.788. The van der Waals surface area contributed by atoms with Crippen LogP contribution in [0.2, 0.25) is 0 Å². The van der Waals surface area contributed by atoms with Crippen molar-refractivity contribution in [1.29, 1.82) is 5.26 Å². The Labute approximate surface area is 64.9 Å². The van der Waals surface area contributed by atoms with E-state index in [2.05, 4.69) is 4.98 Å². The predicted octanol–water partition coefficient (Wildman–Crippen LogP) is 0.509. The summed E-state index contributed by atoms with van der Waals surface area (Å²) in [5.41, 5.74) is 0.876. The average molecular weight is 148 g/mol. The van der Waals surface area contributed by atoms with Crippen LogP contribution in [0.25, 0.3) is 0 Å². The lowest BCUT2D eigenvalue weighted by Crippen LogP contribution is -2.06. The Balaban J connectivity index is 2.60. The van der Waals surface area contributed by atoms with Crippen molar-refractivity contribution < 1.29 is 5.11 Å². The van der Waals surface area contributed by atoms with Crippen molar-refractivity contribution in [3.63, 3.8) is 0 Å². The third kappa shape index (κ3) is 2.36. The third-order valence-corrected chi connectivity index (χ3v) is 1.30. The Kier molecular flexibility index (Phi) is 2.59. The first-order valence-corrected chi connectivity index (χ1v) is 3.29. The molecule has 56 valence electrons. The molecule has 0 aliphatic carbocycles. The van der Waals surface area contributed by atoms with Crippen molar-refractivity contribution in [3.05, 3.63) is 30.1 Å². The van der Waals surface area contributed by atoms with Gasteiger partial charge in [0.05, 0.1) is 6.07 Å². The van der Waals surface area contributed by atoms with Gasteiger partial charge in [0.2, 0.25) is 0 Å². The number of hydrogen-bond acceptors (Lipinski definition) is 3. The Morgan fingerprint density at radius 1 is 1.73 bits per heavy atom. The molecule has 1 aromatic rings. The van der Waals surface area contributed by atoms with Gasteiger partial charge in [-0.25, -0.2) is 0 Å². The highest BCUT2D eigenvalue weighted by molar-refractivity contribution is 5.11. The summed E-state index contributed by atoms with van der Waals surface area (Å²) in [6.07, 6.45) is 2.73. The van der Waals surface area contributed by atoms with E-state index in [0.717, 1.165) is 5.56 Å². The quantitative estimate of drug-likeness (QED) is 0.621. The molecule has 3 heteroatoms. The maximum atomic E-state index is 8.92. The molecule has 0 fully saturated rings. The topological polar surface area (TPSA) is 56.9 Å². The van der Waals surface area contributed by atoms with Crippen LogP contribution in [0.5, 0.6) is 0 Å². The van der Waals surface area contributed by atoms with Crippen molar-refractivity contribution in [2.24, 2.45) is 0 Å². The van der Waals surface area contributed by atoms with Crippen LogP contribution >= 0.6 is 0 Å². The Bertz CT molecular complexity index is 253. The summed E-state index contributed by atoms with van der Waals surface area (Å²) in [4.78, 5) is 3.85. The molecule has 0 bridgehead atoms. The minimum absolute atomic E-state index is 0.352. The molecule has 0 saturated carbocycles. The summed E-state index contributed by atoms with van der Waals surface area (Å²) < 4.78 is 0. The van der Waals surface area contributed by atoms with Crippen LogP contribution in [-0.4, -0.2) is 16.2 Å². The van der Waals surface area contributed by atoms with Crippen LogP contribution in [-0.2, 0) is 6.42 Å². The van der Waals surface area contributed by atoms with Crippen LogP contribution in [0.3, 0.4) is 0 Å². The second-order valence-corrected chi connectivity index (χ2v) is 2.21. The molecule has 0 spiro atoms. The van der Waals surface area contributed by atoms with Gasteiger partial charge in [-0.2, -0.15) is 5.26 Å². The molecule has 0 saturated heterocycles. The summed E-state index contributed by atoms with van der Waals surface area (Å²) >= 11 is 0. The summed E-state index contributed by atoms with van der Waals surface area (Å²) in [6, 6.07) is 5.35. The van der Waals surface area contributed by atoms with Crippen molar-refractivity contribution in [2.45, 2.75) is 12.5 Å².